The van der Waals surface area contributed by atoms with E-state index in [2.05, 4.69) is 10.8 Å². The molecule has 1 saturated heterocycles. The summed E-state index contributed by atoms with van der Waals surface area (Å²) in [6, 6.07) is 4.33. The van der Waals surface area contributed by atoms with Crippen molar-refractivity contribution in [1.29, 1.82) is 0 Å². The first kappa shape index (κ1) is 19.7. The Balaban J connectivity index is 1.42. The molecule has 2 aliphatic heterocycles. The number of carbonyl (C=O) groups is 1. The van der Waals surface area contributed by atoms with Crippen molar-refractivity contribution in [3.05, 3.63) is 47.2 Å². The summed E-state index contributed by atoms with van der Waals surface area (Å²) in [5.41, 5.74) is 2.29. The highest BCUT2D eigenvalue weighted by Crippen LogP contribution is 2.29. The number of hydroxylamine groups is 1. The fourth-order valence-corrected chi connectivity index (χ4v) is 2.81. The van der Waals surface area contributed by atoms with E-state index in [-0.39, 0.29) is 19.1 Å². The highest BCUT2D eigenvalue weighted by Gasteiger charge is 2.30. The first-order chi connectivity index (χ1) is 12.9. The maximum absolute atomic E-state index is 12.7. The van der Waals surface area contributed by atoms with Gasteiger partial charge in [0.1, 0.15) is 18.4 Å². The molecule has 3 rings (SSSR count). The van der Waals surface area contributed by atoms with Crippen LogP contribution < -0.4 is 10.8 Å². The zero-order valence-electron chi connectivity index (χ0n) is 14.6. The summed E-state index contributed by atoms with van der Waals surface area (Å²) in [5, 5.41) is 2.84. The van der Waals surface area contributed by atoms with Crippen LogP contribution in [-0.4, -0.2) is 38.3 Å². The van der Waals surface area contributed by atoms with E-state index in [1.54, 1.807) is 12.1 Å². The third-order valence-corrected chi connectivity index (χ3v) is 4.31. The summed E-state index contributed by atoms with van der Waals surface area (Å²) >= 11 is 0. The maximum Gasteiger partial charge on any atom is 0.416 e. The number of hydrogen-bond donors (Lipinski definition) is 2. The molecule has 2 heterocycles. The lowest BCUT2D eigenvalue weighted by molar-refractivity contribution is -0.137. The Morgan fingerprint density at radius 3 is 2.93 bits per heavy atom. The Labute approximate surface area is 154 Å². The number of hydrogen-bond acceptors (Lipinski definition) is 5. The Kier molecular flexibility index (Phi) is 6.35. The largest absolute Gasteiger partial charge is 0.416 e. The van der Waals surface area contributed by atoms with E-state index < -0.39 is 17.8 Å². The highest BCUT2D eigenvalue weighted by molar-refractivity contribution is 5.84. The number of rotatable bonds is 7. The van der Waals surface area contributed by atoms with E-state index in [1.165, 1.54) is 6.07 Å². The van der Waals surface area contributed by atoms with Crippen LogP contribution in [0.3, 0.4) is 0 Å². The smallest absolute Gasteiger partial charge is 0.410 e. The van der Waals surface area contributed by atoms with E-state index in [4.69, 9.17) is 14.3 Å². The van der Waals surface area contributed by atoms with Crippen LogP contribution in [0.1, 0.15) is 17.5 Å². The van der Waals surface area contributed by atoms with Gasteiger partial charge in [0.15, 0.2) is 0 Å². The van der Waals surface area contributed by atoms with Crippen molar-refractivity contribution in [2.24, 2.45) is 5.92 Å². The molecule has 2 aliphatic rings. The predicted octanol–water partition coefficient (Wildman–Crippen LogP) is 2.16. The molecule has 27 heavy (non-hydrogen) atoms. The van der Waals surface area contributed by atoms with Gasteiger partial charge in [-0.3, -0.25) is 4.79 Å². The summed E-state index contributed by atoms with van der Waals surface area (Å²) in [6.45, 7) is 1.97. The third-order valence-electron chi connectivity index (χ3n) is 4.31. The summed E-state index contributed by atoms with van der Waals surface area (Å²) < 4.78 is 48.7. The van der Waals surface area contributed by atoms with Crippen LogP contribution in [0.4, 0.5) is 13.2 Å². The summed E-state index contributed by atoms with van der Waals surface area (Å²) in [7, 11) is 0. The fraction of sp³-hybridized carbons (Fsp3) is 0.500. The minimum atomic E-state index is -4.39. The topological polar surface area (TPSA) is 68.8 Å². The monoisotopic (exact) mass is 386 g/mol. The Bertz CT molecular complexity index is 687. The van der Waals surface area contributed by atoms with Crippen LogP contribution in [0, 0.1) is 5.92 Å². The van der Waals surface area contributed by atoms with Gasteiger partial charge in [0.2, 0.25) is 5.91 Å². The third kappa shape index (κ3) is 5.69. The molecule has 2 atom stereocenters. The molecule has 9 heteroatoms. The molecule has 0 radical (unpaired) electrons. The van der Waals surface area contributed by atoms with Gasteiger partial charge < -0.3 is 19.6 Å². The minimum absolute atomic E-state index is 0.00314. The Hall–Kier alpha value is -2.10. The fourth-order valence-electron chi connectivity index (χ4n) is 2.81. The van der Waals surface area contributed by atoms with Gasteiger partial charge in [0.25, 0.3) is 0 Å². The van der Waals surface area contributed by atoms with Crippen molar-refractivity contribution in [2.75, 3.05) is 26.4 Å². The molecular formula is C18H21F3N2O4. The second kappa shape index (κ2) is 8.73. The van der Waals surface area contributed by atoms with Gasteiger partial charge >= 0.3 is 6.18 Å². The number of benzene rings is 1. The molecule has 1 aromatic carbocycles. The summed E-state index contributed by atoms with van der Waals surface area (Å²) in [6.07, 6.45) is -1.87. The van der Waals surface area contributed by atoms with Crippen LogP contribution >= 0.6 is 0 Å². The van der Waals surface area contributed by atoms with Crippen LogP contribution in [0.15, 0.2) is 36.1 Å². The number of carbonyl (C=O) groups excluding carboxylic acids is 1. The van der Waals surface area contributed by atoms with Crippen molar-refractivity contribution in [3.63, 3.8) is 0 Å². The quantitative estimate of drug-likeness (QED) is 0.752. The van der Waals surface area contributed by atoms with E-state index in [0.717, 1.165) is 25.2 Å². The Morgan fingerprint density at radius 2 is 2.19 bits per heavy atom. The van der Waals surface area contributed by atoms with Crippen molar-refractivity contribution in [2.45, 2.75) is 25.2 Å². The number of alkyl halides is 3. The van der Waals surface area contributed by atoms with E-state index in [9.17, 15) is 18.0 Å². The molecular weight excluding hydrogens is 365 g/mol. The second-order valence-corrected chi connectivity index (χ2v) is 6.50. The molecule has 1 aromatic rings. The first-order valence-electron chi connectivity index (χ1n) is 8.64. The molecule has 0 aromatic heterocycles. The number of nitrogens with one attached hydrogen (secondary N) is 2. The van der Waals surface area contributed by atoms with Crippen LogP contribution in [0.25, 0.3) is 0 Å². The van der Waals surface area contributed by atoms with Crippen LogP contribution in [0.2, 0.25) is 0 Å². The standard InChI is InChI=1S/C18H21F3N2O4/c19-18(20,21)14-3-1-2-12(6-14)9-26-11-15-7-16(23-27-15)17(24)22-8-13-4-5-25-10-13/h1-3,6-7,13,16,23H,4-5,8-11H2,(H,22,24). The molecule has 0 bridgehead atoms. The van der Waals surface area contributed by atoms with Crippen molar-refractivity contribution >= 4 is 5.91 Å². The first-order valence-corrected chi connectivity index (χ1v) is 8.64. The lowest BCUT2D eigenvalue weighted by Crippen LogP contribution is -2.41. The highest BCUT2D eigenvalue weighted by atomic mass is 19.4. The minimum Gasteiger partial charge on any atom is -0.410 e. The van der Waals surface area contributed by atoms with Crippen molar-refractivity contribution in [3.8, 4) is 0 Å². The number of ether oxygens (including phenoxy) is 2. The average Bonchev–Trinajstić information content (AvgIpc) is 3.31. The van der Waals surface area contributed by atoms with Gasteiger partial charge in [-0.25, -0.2) is 0 Å². The van der Waals surface area contributed by atoms with Crippen molar-refractivity contribution < 1.29 is 32.3 Å². The molecule has 6 nitrogen and oxygen atoms in total. The average molecular weight is 386 g/mol. The molecule has 1 fully saturated rings. The normalized spacial score (nSPS) is 22.4. The molecule has 0 aliphatic carbocycles. The van der Waals surface area contributed by atoms with Crippen LogP contribution in [0.5, 0.6) is 0 Å². The number of amides is 1. The molecule has 0 spiro atoms. The lowest BCUT2D eigenvalue weighted by Gasteiger charge is -2.12. The van der Waals surface area contributed by atoms with E-state index >= 15 is 0 Å². The predicted molar refractivity (Wildman–Crippen MR) is 89.1 cm³/mol. The Morgan fingerprint density at radius 1 is 1.33 bits per heavy atom. The summed E-state index contributed by atoms with van der Waals surface area (Å²) in [4.78, 5) is 17.3. The van der Waals surface area contributed by atoms with Gasteiger partial charge in [0, 0.05) is 19.1 Å². The SMILES string of the molecule is O=C(NCC1CCOC1)C1C=C(COCc2cccc(C(F)(F)F)c2)ON1. The van der Waals surface area contributed by atoms with Gasteiger partial charge in [0.05, 0.1) is 18.8 Å². The molecule has 2 N–H and O–H groups in total. The second-order valence-electron chi connectivity index (χ2n) is 6.50. The zero-order chi connectivity index (χ0) is 19.3. The maximum atomic E-state index is 12.7. The number of halogens is 3. The van der Waals surface area contributed by atoms with E-state index in [0.29, 0.717) is 30.4 Å². The zero-order valence-corrected chi connectivity index (χ0v) is 14.6. The lowest BCUT2D eigenvalue weighted by atomic mass is 10.1. The van der Waals surface area contributed by atoms with Gasteiger partial charge in [-0.2, -0.15) is 13.2 Å². The summed E-state index contributed by atoms with van der Waals surface area (Å²) in [5.74, 6) is 0.525. The van der Waals surface area contributed by atoms with Gasteiger partial charge in [-0.05, 0) is 30.2 Å². The molecule has 2 unspecified atom stereocenters. The molecule has 0 saturated carbocycles. The van der Waals surface area contributed by atoms with E-state index in [1.807, 2.05) is 0 Å². The van der Waals surface area contributed by atoms with Crippen molar-refractivity contribution in [1.82, 2.24) is 10.8 Å². The molecule has 1 amide bonds. The van der Waals surface area contributed by atoms with Crippen LogP contribution in [-0.2, 0) is 31.9 Å². The van der Waals surface area contributed by atoms with Gasteiger partial charge in [-0.1, -0.05) is 12.1 Å². The van der Waals surface area contributed by atoms with Gasteiger partial charge in [-0.15, -0.1) is 5.48 Å². The molecule has 148 valence electrons.